The maximum Gasteiger partial charge on any atom is 0.257 e. The number of nitrogens with zero attached hydrogens (tertiary/aromatic N) is 3. The molecule has 6 heteroatoms. The van der Waals surface area contributed by atoms with E-state index in [0.717, 1.165) is 43.9 Å². The number of piperidine rings is 1. The van der Waals surface area contributed by atoms with E-state index in [2.05, 4.69) is 40.1 Å². The van der Waals surface area contributed by atoms with Gasteiger partial charge in [0.1, 0.15) is 6.04 Å². The van der Waals surface area contributed by atoms with Crippen LogP contribution in [0.15, 0.2) is 60.7 Å². The number of hydrogen-bond acceptors (Lipinski definition) is 4. The van der Waals surface area contributed by atoms with Crippen molar-refractivity contribution < 1.29 is 4.79 Å². The third-order valence-corrected chi connectivity index (χ3v) is 8.07. The molecule has 1 spiro atoms. The zero-order valence-electron chi connectivity index (χ0n) is 15.7. The lowest BCUT2D eigenvalue weighted by molar-refractivity contribution is -0.119. The standard InChI is InChI=1S/C22H23N3OS2/c26-20-19-16-28-22(25(19)21(27)24(20)18-9-5-2-6-10-18)11-13-23(14-12-22)15-17-7-3-1-4-8-17/h1-10,19H,11-16H2/t19-/m0/s1. The van der Waals surface area contributed by atoms with E-state index in [1.165, 1.54) is 5.56 Å². The van der Waals surface area contributed by atoms with Crippen LogP contribution in [0.2, 0.25) is 0 Å². The second-order valence-corrected chi connectivity index (χ2v) is 9.44. The fourth-order valence-electron chi connectivity index (χ4n) is 4.60. The summed E-state index contributed by atoms with van der Waals surface area (Å²) in [6.45, 7) is 3.06. The largest absolute Gasteiger partial charge is 0.321 e. The van der Waals surface area contributed by atoms with Gasteiger partial charge in [-0.1, -0.05) is 48.5 Å². The summed E-state index contributed by atoms with van der Waals surface area (Å²) < 4.78 is 0. The molecule has 144 valence electrons. The molecule has 5 rings (SSSR count). The van der Waals surface area contributed by atoms with Gasteiger partial charge in [-0.05, 0) is 42.8 Å². The molecule has 1 amide bonds. The van der Waals surface area contributed by atoms with E-state index >= 15 is 0 Å². The van der Waals surface area contributed by atoms with Gasteiger partial charge in [0.05, 0.1) is 10.6 Å². The molecule has 28 heavy (non-hydrogen) atoms. The first-order chi connectivity index (χ1) is 13.7. The fraction of sp³-hybridized carbons (Fsp3) is 0.364. The van der Waals surface area contributed by atoms with Gasteiger partial charge in [-0.3, -0.25) is 14.6 Å². The minimum Gasteiger partial charge on any atom is -0.321 e. The minimum atomic E-state index is -0.113. The number of amides is 1. The maximum atomic E-state index is 13.1. The van der Waals surface area contributed by atoms with Crippen molar-refractivity contribution >= 4 is 40.7 Å². The lowest BCUT2D eigenvalue weighted by Gasteiger charge is -2.44. The molecule has 0 bridgehead atoms. The van der Waals surface area contributed by atoms with E-state index < -0.39 is 0 Å². The summed E-state index contributed by atoms with van der Waals surface area (Å²) in [4.78, 5) is 19.6. The van der Waals surface area contributed by atoms with Gasteiger partial charge < -0.3 is 4.90 Å². The molecule has 2 aromatic rings. The van der Waals surface area contributed by atoms with E-state index in [9.17, 15) is 4.79 Å². The zero-order valence-corrected chi connectivity index (χ0v) is 17.3. The second kappa shape index (κ2) is 7.17. The van der Waals surface area contributed by atoms with E-state index in [1.54, 1.807) is 4.90 Å². The van der Waals surface area contributed by atoms with Crippen molar-refractivity contribution in [1.29, 1.82) is 0 Å². The number of carbonyl (C=O) groups excluding carboxylic acids is 1. The number of fused-ring (bicyclic) bond motifs is 2. The number of thioether (sulfide) groups is 1. The average Bonchev–Trinajstić information content (AvgIpc) is 3.22. The summed E-state index contributed by atoms with van der Waals surface area (Å²) in [6, 6.07) is 20.4. The summed E-state index contributed by atoms with van der Waals surface area (Å²) in [5.41, 5.74) is 2.24. The SMILES string of the molecule is O=C1[C@@H]2CSC3(CCN(Cc4ccccc4)CC3)N2C(=S)N1c1ccccc1. The monoisotopic (exact) mass is 409 g/mol. The van der Waals surface area contributed by atoms with Gasteiger partial charge in [0.15, 0.2) is 5.11 Å². The molecule has 0 radical (unpaired) electrons. The Morgan fingerprint density at radius 3 is 2.32 bits per heavy atom. The Morgan fingerprint density at radius 1 is 1.00 bits per heavy atom. The fourth-order valence-corrected chi connectivity index (χ4v) is 6.74. The predicted molar refractivity (Wildman–Crippen MR) is 118 cm³/mol. The molecule has 0 aromatic heterocycles. The number of likely N-dealkylation sites (tertiary alicyclic amines) is 1. The van der Waals surface area contributed by atoms with Crippen LogP contribution in [-0.2, 0) is 11.3 Å². The van der Waals surface area contributed by atoms with Crippen molar-refractivity contribution in [2.75, 3.05) is 23.7 Å². The Kier molecular flexibility index (Phi) is 4.65. The lowest BCUT2D eigenvalue weighted by atomic mass is 10.0. The third-order valence-electron chi connectivity index (χ3n) is 6.06. The van der Waals surface area contributed by atoms with E-state index in [4.69, 9.17) is 12.2 Å². The molecule has 0 N–H and O–H groups in total. The van der Waals surface area contributed by atoms with Crippen molar-refractivity contribution in [3.63, 3.8) is 0 Å². The number of para-hydroxylation sites is 1. The number of hydrogen-bond donors (Lipinski definition) is 0. The summed E-state index contributed by atoms with van der Waals surface area (Å²) >= 11 is 7.76. The molecule has 0 unspecified atom stereocenters. The van der Waals surface area contributed by atoms with Crippen LogP contribution in [0.4, 0.5) is 5.69 Å². The van der Waals surface area contributed by atoms with Crippen LogP contribution in [0.25, 0.3) is 0 Å². The normalized spacial score (nSPS) is 24.2. The first-order valence-electron chi connectivity index (χ1n) is 9.80. The first kappa shape index (κ1) is 18.2. The van der Waals surface area contributed by atoms with Crippen LogP contribution >= 0.6 is 24.0 Å². The number of benzene rings is 2. The molecular weight excluding hydrogens is 386 g/mol. The number of rotatable bonds is 3. The van der Waals surface area contributed by atoms with Crippen LogP contribution in [0.1, 0.15) is 18.4 Å². The van der Waals surface area contributed by atoms with Gasteiger partial charge in [0, 0.05) is 25.4 Å². The highest BCUT2D eigenvalue weighted by molar-refractivity contribution is 8.01. The second-order valence-electron chi connectivity index (χ2n) is 7.70. The number of anilines is 1. The van der Waals surface area contributed by atoms with Crippen LogP contribution in [0, 0.1) is 0 Å². The summed E-state index contributed by atoms with van der Waals surface area (Å²) in [6.07, 6.45) is 2.08. The predicted octanol–water partition coefficient (Wildman–Crippen LogP) is 3.73. The van der Waals surface area contributed by atoms with Crippen LogP contribution in [0.5, 0.6) is 0 Å². The highest BCUT2D eigenvalue weighted by Gasteiger charge is 2.58. The first-order valence-corrected chi connectivity index (χ1v) is 11.2. The quantitative estimate of drug-likeness (QED) is 0.720. The van der Waals surface area contributed by atoms with Gasteiger partial charge in [0.25, 0.3) is 5.91 Å². The van der Waals surface area contributed by atoms with Crippen LogP contribution in [0.3, 0.4) is 0 Å². The molecule has 3 aliphatic heterocycles. The molecule has 0 aliphatic carbocycles. The van der Waals surface area contributed by atoms with Crippen LogP contribution < -0.4 is 4.90 Å². The lowest BCUT2D eigenvalue weighted by Crippen LogP contribution is -2.53. The minimum absolute atomic E-state index is 0.0336. The maximum absolute atomic E-state index is 13.1. The number of thiocarbonyl (C=S) groups is 1. The molecule has 3 fully saturated rings. The molecule has 4 nitrogen and oxygen atoms in total. The Balaban J connectivity index is 1.33. The summed E-state index contributed by atoms with van der Waals surface area (Å²) in [5.74, 6) is 0.966. The van der Waals surface area contributed by atoms with E-state index in [0.29, 0.717) is 5.11 Å². The molecular formula is C22H23N3OS2. The molecule has 3 saturated heterocycles. The Bertz CT molecular complexity index is 881. The summed E-state index contributed by atoms with van der Waals surface area (Å²) in [5, 5.41) is 0.683. The zero-order chi connectivity index (χ0) is 19.1. The Morgan fingerprint density at radius 2 is 1.64 bits per heavy atom. The van der Waals surface area contributed by atoms with E-state index in [-0.39, 0.29) is 16.8 Å². The molecule has 3 aliphatic rings. The van der Waals surface area contributed by atoms with Gasteiger partial charge >= 0.3 is 0 Å². The van der Waals surface area contributed by atoms with Crippen LogP contribution in [-0.4, -0.2) is 50.6 Å². The van der Waals surface area contributed by atoms with Crippen molar-refractivity contribution in [2.45, 2.75) is 30.3 Å². The molecule has 0 saturated carbocycles. The van der Waals surface area contributed by atoms with Gasteiger partial charge in [-0.2, -0.15) is 0 Å². The van der Waals surface area contributed by atoms with Gasteiger partial charge in [-0.25, -0.2) is 0 Å². The number of carbonyl (C=O) groups is 1. The van der Waals surface area contributed by atoms with Gasteiger partial charge in [0.2, 0.25) is 0 Å². The Hall–Kier alpha value is -1.89. The van der Waals surface area contributed by atoms with Crippen molar-refractivity contribution in [3.8, 4) is 0 Å². The smallest absolute Gasteiger partial charge is 0.257 e. The third kappa shape index (κ3) is 2.95. The molecule has 1 atom stereocenters. The Labute approximate surface area is 175 Å². The van der Waals surface area contributed by atoms with Crippen molar-refractivity contribution in [2.24, 2.45) is 0 Å². The highest BCUT2D eigenvalue weighted by Crippen LogP contribution is 2.50. The average molecular weight is 410 g/mol. The highest BCUT2D eigenvalue weighted by atomic mass is 32.2. The molecule has 2 aromatic carbocycles. The summed E-state index contributed by atoms with van der Waals surface area (Å²) in [7, 11) is 0. The molecule has 3 heterocycles. The van der Waals surface area contributed by atoms with E-state index in [1.807, 2.05) is 42.1 Å². The van der Waals surface area contributed by atoms with Gasteiger partial charge in [-0.15, -0.1) is 11.8 Å². The topological polar surface area (TPSA) is 26.8 Å². The van der Waals surface area contributed by atoms with Crippen molar-refractivity contribution in [3.05, 3.63) is 66.2 Å². The van der Waals surface area contributed by atoms with Crippen molar-refractivity contribution in [1.82, 2.24) is 9.80 Å².